The summed E-state index contributed by atoms with van der Waals surface area (Å²) in [4.78, 5) is 12.4. The smallest absolute Gasteiger partial charge is 0.208 e. The first-order valence-electron chi connectivity index (χ1n) is 6.10. The molecule has 19 heavy (non-hydrogen) atoms. The highest BCUT2D eigenvalue weighted by Crippen LogP contribution is 2.49. The van der Waals surface area contributed by atoms with Gasteiger partial charge in [0, 0.05) is 55.8 Å². The van der Waals surface area contributed by atoms with Gasteiger partial charge >= 0.3 is 0 Å². The van der Waals surface area contributed by atoms with E-state index >= 15 is 0 Å². The molecule has 3 rings (SSSR count). The van der Waals surface area contributed by atoms with Gasteiger partial charge in [-0.3, -0.25) is 15.0 Å². The van der Waals surface area contributed by atoms with E-state index in [9.17, 15) is 0 Å². The monoisotopic (exact) mass is 274 g/mol. The second-order valence-electron chi connectivity index (χ2n) is 4.02. The molecular formula is C12H15N6P. The Labute approximate surface area is 113 Å². The first kappa shape index (κ1) is 12.1. The highest BCUT2D eigenvalue weighted by atomic mass is 31.2. The second kappa shape index (κ2) is 5.80. The van der Waals surface area contributed by atoms with Gasteiger partial charge in [0.2, 0.25) is 8.37 Å². The van der Waals surface area contributed by atoms with E-state index in [1.807, 2.05) is 55.8 Å². The fraction of sp³-hybridized carbons (Fsp3) is 0.250. The van der Waals surface area contributed by atoms with Gasteiger partial charge in [-0.05, 0) is 0 Å². The molecule has 3 aliphatic heterocycles. The van der Waals surface area contributed by atoms with Crippen LogP contribution in [-0.2, 0) is 0 Å². The largest absolute Gasteiger partial charge is 0.317 e. The zero-order chi connectivity index (χ0) is 12.9. The van der Waals surface area contributed by atoms with Crippen LogP contribution in [0.4, 0.5) is 0 Å². The summed E-state index contributed by atoms with van der Waals surface area (Å²) in [5.74, 6) is 0. The molecule has 0 unspecified atom stereocenters. The fourth-order valence-electron chi connectivity index (χ4n) is 1.94. The molecule has 0 aromatic rings. The lowest BCUT2D eigenvalue weighted by Gasteiger charge is -2.43. The van der Waals surface area contributed by atoms with Crippen molar-refractivity contribution in [2.45, 2.75) is 0 Å². The van der Waals surface area contributed by atoms with Crippen molar-refractivity contribution in [1.29, 1.82) is 0 Å². The van der Waals surface area contributed by atoms with Gasteiger partial charge in [0.15, 0.2) is 0 Å². The van der Waals surface area contributed by atoms with Crippen LogP contribution in [0.15, 0.2) is 52.2 Å². The van der Waals surface area contributed by atoms with Crippen molar-refractivity contribution in [2.24, 2.45) is 15.0 Å². The van der Waals surface area contributed by atoms with Crippen LogP contribution in [0.2, 0.25) is 0 Å². The first-order chi connectivity index (χ1) is 9.45. The predicted octanol–water partition coefficient (Wildman–Crippen LogP) is 1.79. The second-order valence-corrected chi connectivity index (χ2v) is 6.10. The number of hydrogen-bond acceptors (Lipinski definition) is 6. The van der Waals surface area contributed by atoms with Crippen molar-refractivity contribution < 1.29 is 0 Å². The first-order valence-corrected chi connectivity index (χ1v) is 7.30. The summed E-state index contributed by atoms with van der Waals surface area (Å²) in [7, 11) is -0.649. The molecule has 0 bridgehead atoms. The Bertz CT molecular complexity index is 421. The minimum Gasteiger partial charge on any atom is -0.317 e. The van der Waals surface area contributed by atoms with E-state index in [2.05, 4.69) is 29.0 Å². The fourth-order valence-corrected chi connectivity index (χ4v) is 4.02. The van der Waals surface area contributed by atoms with Crippen molar-refractivity contribution in [3.8, 4) is 0 Å². The summed E-state index contributed by atoms with van der Waals surface area (Å²) in [5.41, 5.74) is 0. The van der Waals surface area contributed by atoms with E-state index in [-0.39, 0.29) is 0 Å². The Hall–Kier alpha value is -1.94. The molecular weight excluding hydrogens is 259 g/mol. The van der Waals surface area contributed by atoms with Crippen molar-refractivity contribution in [1.82, 2.24) is 14.0 Å². The van der Waals surface area contributed by atoms with Gasteiger partial charge in [0.05, 0.1) is 19.6 Å². The normalized spacial score (nSPS) is 21.0. The molecule has 3 heterocycles. The molecule has 0 aromatic carbocycles. The summed E-state index contributed by atoms with van der Waals surface area (Å²) in [6, 6.07) is 0. The number of aliphatic imine (C=N–C) groups is 3. The zero-order valence-electron chi connectivity index (χ0n) is 10.4. The van der Waals surface area contributed by atoms with E-state index in [4.69, 9.17) is 0 Å². The maximum Gasteiger partial charge on any atom is 0.208 e. The van der Waals surface area contributed by atoms with Gasteiger partial charge in [-0.2, -0.15) is 0 Å². The van der Waals surface area contributed by atoms with E-state index < -0.39 is 8.37 Å². The molecule has 0 radical (unpaired) electrons. The lowest BCUT2D eigenvalue weighted by Crippen LogP contribution is -2.35. The minimum absolute atomic E-state index is 0.649. The molecule has 0 amide bonds. The Balaban J connectivity index is 1.82. The highest BCUT2D eigenvalue weighted by molar-refractivity contribution is 7.50. The lowest BCUT2D eigenvalue weighted by atomic mass is 10.6. The summed E-state index contributed by atoms with van der Waals surface area (Å²) < 4.78 is 6.90. The van der Waals surface area contributed by atoms with E-state index in [0.29, 0.717) is 0 Å². The van der Waals surface area contributed by atoms with Gasteiger partial charge in [0.25, 0.3) is 0 Å². The maximum absolute atomic E-state index is 4.14. The zero-order valence-corrected chi connectivity index (χ0v) is 11.3. The van der Waals surface area contributed by atoms with Crippen LogP contribution in [0.5, 0.6) is 0 Å². The van der Waals surface area contributed by atoms with Crippen molar-refractivity contribution >= 4 is 27.0 Å². The van der Waals surface area contributed by atoms with Crippen LogP contribution in [0.3, 0.4) is 0 Å². The third-order valence-corrected chi connectivity index (χ3v) is 5.05. The maximum atomic E-state index is 4.14. The lowest BCUT2D eigenvalue weighted by molar-refractivity contribution is 0.508. The van der Waals surface area contributed by atoms with Crippen molar-refractivity contribution in [3.63, 3.8) is 0 Å². The summed E-state index contributed by atoms with van der Waals surface area (Å²) in [6.45, 7) is 2.47. The quantitative estimate of drug-likeness (QED) is 0.737. The van der Waals surface area contributed by atoms with Crippen molar-refractivity contribution in [2.75, 3.05) is 19.6 Å². The minimum atomic E-state index is -0.649. The van der Waals surface area contributed by atoms with Gasteiger partial charge in [-0.1, -0.05) is 0 Å². The summed E-state index contributed by atoms with van der Waals surface area (Å²) in [5, 5.41) is 0. The standard InChI is InChI=1S/C12H15N6P/c1-7-16(8-2-13-1)19(17-9-3-14-4-10-17)18-11-5-15-6-12-18/h1-7,9,11H,8,10,12H2. The van der Waals surface area contributed by atoms with Gasteiger partial charge in [-0.25, -0.2) is 0 Å². The molecule has 0 aliphatic carbocycles. The van der Waals surface area contributed by atoms with E-state index in [1.54, 1.807) is 0 Å². The number of rotatable bonds is 3. The molecule has 0 aromatic heterocycles. The molecule has 6 nitrogen and oxygen atoms in total. The van der Waals surface area contributed by atoms with Crippen LogP contribution < -0.4 is 0 Å². The molecule has 0 N–H and O–H groups in total. The third-order valence-electron chi connectivity index (χ3n) is 2.79. The molecule has 3 aliphatic rings. The molecule has 0 saturated carbocycles. The summed E-state index contributed by atoms with van der Waals surface area (Å²) >= 11 is 0. The van der Waals surface area contributed by atoms with Gasteiger partial charge in [-0.15, -0.1) is 0 Å². The van der Waals surface area contributed by atoms with Crippen LogP contribution >= 0.6 is 8.37 Å². The average molecular weight is 274 g/mol. The van der Waals surface area contributed by atoms with Crippen LogP contribution in [-0.4, -0.2) is 52.3 Å². The molecule has 0 fully saturated rings. The number of hydrogen-bond donors (Lipinski definition) is 0. The topological polar surface area (TPSA) is 46.8 Å². The average Bonchev–Trinajstić information content (AvgIpc) is 2.51. The highest BCUT2D eigenvalue weighted by Gasteiger charge is 2.28. The predicted molar refractivity (Wildman–Crippen MR) is 79.9 cm³/mol. The Kier molecular flexibility index (Phi) is 3.70. The van der Waals surface area contributed by atoms with E-state index in [0.717, 1.165) is 19.6 Å². The number of nitrogens with zero attached hydrogens (tertiary/aromatic N) is 6. The van der Waals surface area contributed by atoms with Gasteiger partial charge < -0.3 is 14.0 Å². The third kappa shape index (κ3) is 2.74. The van der Waals surface area contributed by atoms with Crippen LogP contribution in [0.1, 0.15) is 0 Å². The summed E-state index contributed by atoms with van der Waals surface area (Å²) in [6.07, 6.45) is 17.4. The van der Waals surface area contributed by atoms with Crippen molar-refractivity contribution in [3.05, 3.63) is 37.2 Å². The Morgan fingerprint density at radius 2 is 1.00 bits per heavy atom. The molecule has 0 spiro atoms. The van der Waals surface area contributed by atoms with Crippen LogP contribution in [0, 0.1) is 0 Å². The van der Waals surface area contributed by atoms with Crippen LogP contribution in [0.25, 0.3) is 0 Å². The Morgan fingerprint density at radius 3 is 1.26 bits per heavy atom. The van der Waals surface area contributed by atoms with E-state index in [1.165, 1.54) is 0 Å². The molecule has 0 atom stereocenters. The van der Waals surface area contributed by atoms with Gasteiger partial charge in [0.1, 0.15) is 0 Å². The molecule has 7 heteroatoms. The SMILES string of the molecule is C1=CN(P(N2C=CN=CC2)N2C=CN=CC2)CC=N1. The Morgan fingerprint density at radius 1 is 0.632 bits per heavy atom. The molecule has 0 saturated heterocycles. The molecule has 98 valence electrons.